The molecule has 1 N–H and O–H groups in total. The molecular formula is C22H23NO. The third kappa shape index (κ3) is 4.71. The molecule has 0 fully saturated rings. The summed E-state index contributed by atoms with van der Waals surface area (Å²) in [6, 6.07) is 27.1. The third-order valence-electron chi connectivity index (χ3n) is 4.06. The number of aryl methyl sites for hydroxylation is 1. The van der Waals surface area contributed by atoms with E-state index in [0.717, 1.165) is 18.8 Å². The van der Waals surface area contributed by atoms with Gasteiger partial charge >= 0.3 is 0 Å². The van der Waals surface area contributed by atoms with Crippen LogP contribution in [0.15, 0.2) is 78.9 Å². The summed E-state index contributed by atoms with van der Waals surface area (Å²) in [6.07, 6.45) is 0. The molecule has 0 heterocycles. The van der Waals surface area contributed by atoms with E-state index in [1.54, 1.807) is 0 Å². The summed E-state index contributed by atoms with van der Waals surface area (Å²) in [5.41, 5.74) is 5.01. The number of rotatable bonds is 7. The summed E-state index contributed by atoms with van der Waals surface area (Å²) in [4.78, 5) is 0. The van der Waals surface area contributed by atoms with Crippen LogP contribution in [0, 0.1) is 6.92 Å². The van der Waals surface area contributed by atoms with E-state index in [9.17, 15) is 0 Å². The monoisotopic (exact) mass is 317 g/mol. The van der Waals surface area contributed by atoms with Gasteiger partial charge in [-0.3, -0.25) is 0 Å². The minimum atomic E-state index is 0.605. The molecule has 2 nitrogen and oxygen atoms in total. The largest absolute Gasteiger partial charge is 0.489 e. The van der Waals surface area contributed by atoms with Crippen LogP contribution >= 0.6 is 0 Å². The van der Waals surface area contributed by atoms with E-state index >= 15 is 0 Å². The molecule has 0 saturated heterocycles. The van der Waals surface area contributed by atoms with Gasteiger partial charge in [0.2, 0.25) is 0 Å². The van der Waals surface area contributed by atoms with Crippen molar-refractivity contribution in [2.45, 2.75) is 26.6 Å². The topological polar surface area (TPSA) is 21.3 Å². The summed E-state index contributed by atoms with van der Waals surface area (Å²) < 4.78 is 5.95. The second-order valence-corrected chi connectivity index (χ2v) is 5.95. The zero-order valence-electron chi connectivity index (χ0n) is 14.0. The highest BCUT2D eigenvalue weighted by Gasteiger charge is 2.01. The molecule has 3 rings (SSSR count). The van der Waals surface area contributed by atoms with E-state index in [4.69, 9.17) is 4.74 Å². The van der Waals surface area contributed by atoms with E-state index in [0.29, 0.717) is 6.61 Å². The van der Waals surface area contributed by atoms with E-state index in [1.807, 2.05) is 18.2 Å². The maximum atomic E-state index is 5.95. The van der Waals surface area contributed by atoms with Crippen LogP contribution in [0.25, 0.3) is 0 Å². The predicted octanol–water partition coefficient (Wildman–Crippen LogP) is 4.86. The van der Waals surface area contributed by atoms with E-state index in [2.05, 4.69) is 72.9 Å². The summed E-state index contributed by atoms with van der Waals surface area (Å²) in [6.45, 7) is 4.42. The van der Waals surface area contributed by atoms with Gasteiger partial charge < -0.3 is 10.1 Å². The SMILES string of the molecule is Cc1ccccc1COc1cccc(CNCc2ccccc2)c1. The number of ether oxygens (including phenoxy) is 1. The van der Waals surface area contributed by atoms with Gasteiger partial charge in [0, 0.05) is 13.1 Å². The maximum Gasteiger partial charge on any atom is 0.120 e. The van der Waals surface area contributed by atoms with Gasteiger partial charge in [0.15, 0.2) is 0 Å². The molecule has 0 atom stereocenters. The van der Waals surface area contributed by atoms with Crippen molar-refractivity contribution in [3.63, 3.8) is 0 Å². The van der Waals surface area contributed by atoms with Crippen LogP contribution < -0.4 is 10.1 Å². The van der Waals surface area contributed by atoms with E-state index in [1.165, 1.54) is 22.3 Å². The Bertz CT molecular complexity index is 768. The average molecular weight is 317 g/mol. The fourth-order valence-electron chi connectivity index (χ4n) is 2.63. The van der Waals surface area contributed by atoms with Crippen molar-refractivity contribution in [3.05, 3.63) is 101 Å². The summed E-state index contributed by atoms with van der Waals surface area (Å²) in [5.74, 6) is 0.914. The second-order valence-electron chi connectivity index (χ2n) is 5.95. The van der Waals surface area contributed by atoms with Crippen molar-refractivity contribution < 1.29 is 4.74 Å². The average Bonchev–Trinajstić information content (AvgIpc) is 2.62. The van der Waals surface area contributed by atoms with Crippen molar-refractivity contribution in [3.8, 4) is 5.75 Å². The maximum absolute atomic E-state index is 5.95. The van der Waals surface area contributed by atoms with E-state index < -0.39 is 0 Å². The fourth-order valence-corrected chi connectivity index (χ4v) is 2.63. The minimum Gasteiger partial charge on any atom is -0.489 e. The first kappa shape index (κ1) is 16.3. The molecule has 0 spiro atoms. The van der Waals surface area contributed by atoms with Crippen LogP contribution in [-0.2, 0) is 19.7 Å². The van der Waals surface area contributed by atoms with Crippen molar-refractivity contribution in [2.24, 2.45) is 0 Å². The van der Waals surface area contributed by atoms with E-state index in [-0.39, 0.29) is 0 Å². The zero-order chi connectivity index (χ0) is 16.6. The standard InChI is InChI=1S/C22H23NO/c1-18-8-5-6-12-21(18)17-24-22-13-7-11-20(14-22)16-23-15-19-9-3-2-4-10-19/h2-14,23H,15-17H2,1H3. The van der Waals surface area contributed by atoms with Crippen LogP contribution in [0.4, 0.5) is 0 Å². The van der Waals surface area contributed by atoms with Crippen molar-refractivity contribution >= 4 is 0 Å². The van der Waals surface area contributed by atoms with Gasteiger partial charge in [0.05, 0.1) is 0 Å². The predicted molar refractivity (Wildman–Crippen MR) is 98.9 cm³/mol. The first-order valence-corrected chi connectivity index (χ1v) is 8.32. The smallest absolute Gasteiger partial charge is 0.120 e. The molecule has 24 heavy (non-hydrogen) atoms. The van der Waals surface area contributed by atoms with Crippen LogP contribution in [0.1, 0.15) is 22.3 Å². The molecular weight excluding hydrogens is 294 g/mol. The Morgan fingerprint density at radius 2 is 1.46 bits per heavy atom. The number of benzene rings is 3. The Kier molecular flexibility index (Phi) is 5.65. The lowest BCUT2D eigenvalue weighted by Gasteiger charge is -2.10. The lowest BCUT2D eigenvalue weighted by atomic mass is 10.1. The highest BCUT2D eigenvalue weighted by atomic mass is 16.5. The highest BCUT2D eigenvalue weighted by Crippen LogP contribution is 2.16. The Morgan fingerprint density at radius 3 is 2.29 bits per heavy atom. The molecule has 0 aliphatic heterocycles. The van der Waals surface area contributed by atoms with Crippen LogP contribution in [-0.4, -0.2) is 0 Å². The zero-order valence-corrected chi connectivity index (χ0v) is 14.0. The van der Waals surface area contributed by atoms with Crippen molar-refractivity contribution in [1.29, 1.82) is 0 Å². The molecule has 0 amide bonds. The summed E-state index contributed by atoms with van der Waals surface area (Å²) >= 11 is 0. The molecule has 122 valence electrons. The lowest BCUT2D eigenvalue weighted by Crippen LogP contribution is -2.12. The van der Waals surface area contributed by atoms with Gasteiger partial charge in [0.25, 0.3) is 0 Å². The van der Waals surface area contributed by atoms with Gasteiger partial charge in [-0.2, -0.15) is 0 Å². The molecule has 0 unspecified atom stereocenters. The van der Waals surface area contributed by atoms with Crippen molar-refractivity contribution in [1.82, 2.24) is 5.32 Å². The molecule has 0 saturated carbocycles. The fraction of sp³-hybridized carbons (Fsp3) is 0.182. The summed E-state index contributed by atoms with van der Waals surface area (Å²) in [7, 11) is 0. The minimum absolute atomic E-state index is 0.605. The van der Waals surface area contributed by atoms with Crippen molar-refractivity contribution in [2.75, 3.05) is 0 Å². The molecule has 0 bridgehead atoms. The second kappa shape index (κ2) is 8.32. The summed E-state index contributed by atoms with van der Waals surface area (Å²) in [5, 5.41) is 3.47. The normalized spacial score (nSPS) is 10.5. The van der Waals surface area contributed by atoms with Gasteiger partial charge in [-0.15, -0.1) is 0 Å². The number of hydrogen-bond acceptors (Lipinski definition) is 2. The van der Waals surface area contributed by atoms with Crippen LogP contribution in [0.3, 0.4) is 0 Å². The highest BCUT2D eigenvalue weighted by molar-refractivity contribution is 5.30. The molecule has 3 aromatic rings. The Labute approximate surface area is 144 Å². The molecule has 3 aromatic carbocycles. The number of hydrogen-bond donors (Lipinski definition) is 1. The number of nitrogens with one attached hydrogen (secondary N) is 1. The van der Waals surface area contributed by atoms with Crippen LogP contribution in [0.5, 0.6) is 5.75 Å². The molecule has 0 aromatic heterocycles. The first-order valence-electron chi connectivity index (χ1n) is 8.32. The molecule has 0 aliphatic rings. The van der Waals surface area contributed by atoms with Gasteiger partial charge in [0.1, 0.15) is 12.4 Å². The lowest BCUT2D eigenvalue weighted by molar-refractivity contribution is 0.305. The first-order chi connectivity index (χ1) is 11.8. The molecule has 2 heteroatoms. The van der Waals surface area contributed by atoms with Gasteiger partial charge in [-0.25, -0.2) is 0 Å². The molecule has 0 aliphatic carbocycles. The van der Waals surface area contributed by atoms with Crippen LogP contribution in [0.2, 0.25) is 0 Å². The Balaban J connectivity index is 1.53. The van der Waals surface area contributed by atoms with Gasteiger partial charge in [-0.1, -0.05) is 66.7 Å². The Morgan fingerprint density at radius 1 is 0.750 bits per heavy atom. The Hall–Kier alpha value is -2.58. The van der Waals surface area contributed by atoms with Gasteiger partial charge in [-0.05, 0) is 41.3 Å². The third-order valence-corrected chi connectivity index (χ3v) is 4.06. The quantitative estimate of drug-likeness (QED) is 0.671. The molecule has 0 radical (unpaired) electrons.